The van der Waals surface area contributed by atoms with Crippen LogP contribution in [0.1, 0.15) is 82.8 Å². The maximum atomic E-state index is 14.2. The van der Waals surface area contributed by atoms with Gasteiger partial charge in [0.2, 0.25) is 11.8 Å². The second-order valence-electron chi connectivity index (χ2n) is 11.0. The van der Waals surface area contributed by atoms with Gasteiger partial charge in [-0.1, -0.05) is 45.2 Å². The molecule has 6 heteroatoms. The molecule has 1 aromatic heterocycles. The zero-order valence-electron chi connectivity index (χ0n) is 22.2. The summed E-state index contributed by atoms with van der Waals surface area (Å²) in [5.41, 5.74) is 3.71. The largest absolute Gasteiger partial charge is 0.361 e. The number of carbonyl (C=O) groups excluding carboxylic acids is 2. The molecule has 2 amide bonds. The van der Waals surface area contributed by atoms with Crippen molar-refractivity contribution in [1.82, 2.24) is 20.5 Å². The Balaban J connectivity index is 1.64. The first kappa shape index (κ1) is 25.7. The average molecular weight is 481 g/mol. The Morgan fingerprint density at radius 2 is 1.91 bits per heavy atom. The summed E-state index contributed by atoms with van der Waals surface area (Å²) in [6, 6.07) is 5.97. The molecule has 1 aromatic carbocycles. The molecule has 6 nitrogen and oxygen atoms in total. The van der Waals surface area contributed by atoms with Gasteiger partial charge in [0.15, 0.2) is 0 Å². The van der Waals surface area contributed by atoms with E-state index in [1.54, 1.807) is 7.05 Å². The summed E-state index contributed by atoms with van der Waals surface area (Å²) < 4.78 is 0. The molecule has 35 heavy (non-hydrogen) atoms. The molecule has 1 saturated carbocycles. The molecule has 2 aromatic rings. The highest BCUT2D eigenvalue weighted by molar-refractivity contribution is 5.90. The highest BCUT2D eigenvalue weighted by Gasteiger charge is 2.44. The highest BCUT2D eigenvalue weighted by Crippen LogP contribution is 2.41. The lowest BCUT2D eigenvalue weighted by atomic mass is 9.81. The van der Waals surface area contributed by atoms with Crippen LogP contribution >= 0.6 is 0 Å². The van der Waals surface area contributed by atoms with Crippen molar-refractivity contribution in [2.45, 2.75) is 96.7 Å². The van der Waals surface area contributed by atoms with Gasteiger partial charge in [0, 0.05) is 35.6 Å². The minimum atomic E-state index is -0.436. The highest BCUT2D eigenvalue weighted by atomic mass is 16.2. The fourth-order valence-electron chi connectivity index (χ4n) is 6.49. The molecule has 1 aliphatic carbocycles. The van der Waals surface area contributed by atoms with Crippen molar-refractivity contribution < 1.29 is 9.59 Å². The number of aromatic amines is 1. The topological polar surface area (TPSA) is 77.2 Å². The summed E-state index contributed by atoms with van der Waals surface area (Å²) in [5, 5.41) is 7.46. The van der Waals surface area contributed by atoms with Crippen LogP contribution in [0.25, 0.3) is 10.9 Å². The summed E-state index contributed by atoms with van der Waals surface area (Å²) in [6.07, 6.45) is 9.65. The summed E-state index contributed by atoms with van der Waals surface area (Å²) in [7, 11) is 1.79. The Hall–Kier alpha value is -2.34. The lowest BCUT2D eigenvalue weighted by Crippen LogP contribution is -2.57. The molecule has 1 saturated heterocycles. The normalized spacial score (nSPS) is 23.9. The lowest BCUT2D eigenvalue weighted by Gasteiger charge is -2.38. The fraction of sp³-hybridized carbons (Fsp3) is 0.655. The maximum Gasteiger partial charge on any atom is 0.245 e. The molecule has 3 N–H and O–H groups in total. The fourth-order valence-corrected chi connectivity index (χ4v) is 6.49. The van der Waals surface area contributed by atoms with Crippen LogP contribution in [-0.4, -0.2) is 53.4 Å². The van der Waals surface area contributed by atoms with Gasteiger partial charge in [-0.25, -0.2) is 0 Å². The number of hydrogen-bond donors (Lipinski definition) is 3. The Kier molecular flexibility index (Phi) is 8.20. The Bertz CT molecular complexity index is 1020. The first-order valence-electron chi connectivity index (χ1n) is 13.7. The summed E-state index contributed by atoms with van der Waals surface area (Å²) in [6.45, 7) is 9.26. The SMILES string of the molecule is CC[C@H](c1c[nH]c2cc(C)ccc12)[C@@H]1[C@H](C)CCN1C(=O)C(NC(=O)[C@H](C)NC)C1CCCCC1. The molecule has 2 aliphatic rings. The molecule has 0 bridgehead atoms. The molecule has 1 unspecified atom stereocenters. The van der Waals surface area contributed by atoms with E-state index in [4.69, 9.17) is 0 Å². The molecular weight excluding hydrogens is 436 g/mol. The van der Waals surface area contributed by atoms with Crippen LogP contribution in [0.15, 0.2) is 24.4 Å². The van der Waals surface area contributed by atoms with Crippen molar-refractivity contribution in [3.63, 3.8) is 0 Å². The van der Waals surface area contributed by atoms with Gasteiger partial charge in [-0.15, -0.1) is 0 Å². The van der Waals surface area contributed by atoms with E-state index in [0.717, 1.165) is 50.6 Å². The number of H-pyrrole nitrogens is 1. The van der Waals surface area contributed by atoms with E-state index in [-0.39, 0.29) is 35.7 Å². The van der Waals surface area contributed by atoms with Gasteiger partial charge in [-0.2, -0.15) is 0 Å². The molecule has 5 atom stereocenters. The van der Waals surface area contributed by atoms with E-state index in [1.165, 1.54) is 22.9 Å². The van der Waals surface area contributed by atoms with Crippen molar-refractivity contribution in [2.75, 3.05) is 13.6 Å². The van der Waals surface area contributed by atoms with E-state index < -0.39 is 6.04 Å². The summed E-state index contributed by atoms with van der Waals surface area (Å²) in [4.78, 5) is 32.7. The molecule has 192 valence electrons. The standard InChI is InChI=1S/C29H44N4O2/c1-6-22(24-17-31-25-16-18(2)12-13-23(24)25)27-19(3)14-15-33(27)29(35)26(21-10-8-7-9-11-21)32-28(34)20(4)30-5/h12-13,16-17,19-22,26-27,30-31H,6-11,14-15H2,1-5H3,(H,32,34)/t19-,20+,22-,26?,27+/m1/s1. The molecule has 4 rings (SSSR count). The number of amides is 2. The van der Waals surface area contributed by atoms with Crippen LogP contribution in [0.5, 0.6) is 0 Å². The second kappa shape index (κ2) is 11.2. The number of aryl methyl sites for hydroxylation is 1. The molecule has 2 heterocycles. The minimum Gasteiger partial charge on any atom is -0.361 e. The third kappa shape index (κ3) is 5.28. The van der Waals surface area contributed by atoms with Crippen molar-refractivity contribution in [1.29, 1.82) is 0 Å². The van der Waals surface area contributed by atoms with Gasteiger partial charge in [-0.05, 0) is 75.6 Å². The van der Waals surface area contributed by atoms with Crippen molar-refractivity contribution in [2.24, 2.45) is 11.8 Å². The smallest absolute Gasteiger partial charge is 0.245 e. The number of nitrogens with zero attached hydrogens (tertiary/aromatic N) is 1. The number of carbonyl (C=O) groups is 2. The second-order valence-corrected chi connectivity index (χ2v) is 11.0. The third-order valence-corrected chi connectivity index (χ3v) is 8.68. The molecule has 0 spiro atoms. The van der Waals surface area contributed by atoms with Gasteiger partial charge in [0.05, 0.1) is 6.04 Å². The number of likely N-dealkylation sites (N-methyl/N-ethyl adjacent to an activating group) is 1. The van der Waals surface area contributed by atoms with E-state index in [1.807, 2.05) is 6.92 Å². The summed E-state index contributed by atoms with van der Waals surface area (Å²) >= 11 is 0. The number of aromatic nitrogens is 1. The zero-order chi connectivity index (χ0) is 25.1. The predicted octanol–water partition coefficient (Wildman–Crippen LogP) is 4.88. The van der Waals surface area contributed by atoms with Crippen molar-refractivity contribution >= 4 is 22.7 Å². The zero-order valence-corrected chi connectivity index (χ0v) is 22.2. The number of nitrogens with one attached hydrogen (secondary N) is 3. The van der Waals surface area contributed by atoms with Crippen molar-refractivity contribution in [3.8, 4) is 0 Å². The number of benzene rings is 1. The van der Waals surface area contributed by atoms with Crippen LogP contribution in [0.4, 0.5) is 0 Å². The predicted molar refractivity (Wildman–Crippen MR) is 142 cm³/mol. The van der Waals surface area contributed by atoms with E-state index in [2.05, 4.69) is 65.7 Å². The Morgan fingerprint density at radius 3 is 2.60 bits per heavy atom. The number of hydrogen-bond acceptors (Lipinski definition) is 3. The minimum absolute atomic E-state index is 0.0840. The number of fused-ring (bicyclic) bond motifs is 1. The number of rotatable bonds is 8. The molecule has 1 aliphatic heterocycles. The van der Waals surface area contributed by atoms with E-state index in [0.29, 0.717) is 5.92 Å². The Labute approximate surface area is 210 Å². The Morgan fingerprint density at radius 1 is 1.17 bits per heavy atom. The average Bonchev–Trinajstić information content (AvgIpc) is 3.46. The quantitative estimate of drug-likeness (QED) is 0.504. The molecule has 0 radical (unpaired) electrons. The van der Waals surface area contributed by atoms with Crippen LogP contribution in [-0.2, 0) is 9.59 Å². The third-order valence-electron chi connectivity index (χ3n) is 8.68. The molecule has 2 fully saturated rings. The lowest BCUT2D eigenvalue weighted by molar-refractivity contribution is -0.140. The first-order valence-corrected chi connectivity index (χ1v) is 13.7. The van der Waals surface area contributed by atoms with Gasteiger partial charge >= 0.3 is 0 Å². The van der Waals surface area contributed by atoms with Gasteiger partial charge < -0.3 is 20.5 Å². The van der Waals surface area contributed by atoms with Gasteiger partial charge in [-0.3, -0.25) is 9.59 Å². The van der Waals surface area contributed by atoms with Gasteiger partial charge in [0.1, 0.15) is 6.04 Å². The van der Waals surface area contributed by atoms with Gasteiger partial charge in [0.25, 0.3) is 0 Å². The van der Waals surface area contributed by atoms with Crippen molar-refractivity contribution in [3.05, 3.63) is 35.5 Å². The molecular formula is C29H44N4O2. The number of likely N-dealkylation sites (tertiary alicyclic amines) is 1. The van der Waals surface area contributed by atoms with Crippen LogP contribution in [0.2, 0.25) is 0 Å². The first-order chi connectivity index (χ1) is 16.8. The van der Waals surface area contributed by atoms with E-state index >= 15 is 0 Å². The maximum absolute atomic E-state index is 14.2. The van der Waals surface area contributed by atoms with E-state index in [9.17, 15) is 9.59 Å². The van der Waals surface area contributed by atoms with Crippen LogP contribution in [0.3, 0.4) is 0 Å². The van der Waals surface area contributed by atoms with Crippen LogP contribution in [0, 0.1) is 18.8 Å². The summed E-state index contributed by atoms with van der Waals surface area (Å²) in [5.74, 6) is 0.929. The monoisotopic (exact) mass is 480 g/mol. The van der Waals surface area contributed by atoms with Crippen LogP contribution < -0.4 is 10.6 Å².